The lowest BCUT2D eigenvalue weighted by molar-refractivity contribution is -0.127. The van der Waals surface area contributed by atoms with Gasteiger partial charge in [-0.15, -0.1) is 0 Å². The van der Waals surface area contributed by atoms with Gasteiger partial charge in [0.1, 0.15) is 0 Å². The van der Waals surface area contributed by atoms with Crippen molar-refractivity contribution in [2.75, 3.05) is 6.54 Å². The number of rotatable bonds is 3. The van der Waals surface area contributed by atoms with Crippen LogP contribution in [0, 0.1) is 5.41 Å². The van der Waals surface area contributed by atoms with Crippen molar-refractivity contribution in [1.82, 2.24) is 10.6 Å². The summed E-state index contributed by atoms with van der Waals surface area (Å²) in [7, 11) is 0. The zero-order valence-corrected chi connectivity index (χ0v) is 13.1. The van der Waals surface area contributed by atoms with Gasteiger partial charge in [-0.25, -0.2) is 0 Å². The van der Waals surface area contributed by atoms with Gasteiger partial charge in [0.2, 0.25) is 5.91 Å². The van der Waals surface area contributed by atoms with E-state index in [1.54, 1.807) is 0 Å². The minimum atomic E-state index is -0.119. The largest absolute Gasteiger partial charge is 0.348 e. The molecule has 0 aromatic heterocycles. The van der Waals surface area contributed by atoms with Crippen LogP contribution in [-0.2, 0) is 4.79 Å². The van der Waals surface area contributed by atoms with Crippen LogP contribution >= 0.6 is 11.6 Å². The van der Waals surface area contributed by atoms with Crippen LogP contribution in [0.1, 0.15) is 45.2 Å². The quantitative estimate of drug-likeness (QED) is 0.898. The lowest BCUT2D eigenvalue weighted by Gasteiger charge is -2.38. The van der Waals surface area contributed by atoms with Crippen LogP contribution in [0.2, 0.25) is 5.02 Å². The van der Waals surface area contributed by atoms with E-state index in [0.29, 0.717) is 5.02 Å². The molecule has 0 saturated carbocycles. The molecule has 0 spiro atoms. The van der Waals surface area contributed by atoms with Crippen LogP contribution in [-0.4, -0.2) is 18.5 Å². The molecule has 1 saturated heterocycles. The SMILES string of the molecule is C[C@@H](NC(=O)C1NCCCC1(C)C)c1ccc(Cl)cc1. The van der Waals surface area contributed by atoms with E-state index in [1.807, 2.05) is 31.2 Å². The van der Waals surface area contributed by atoms with E-state index in [1.165, 1.54) is 0 Å². The third kappa shape index (κ3) is 3.53. The second-order valence-electron chi connectivity index (χ2n) is 6.26. The van der Waals surface area contributed by atoms with Crippen molar-refractivity contribution in [3.63, 3.8) is 0 Å². The van der Waals surface area contributed by atoms with E-state index in [-0.39, 0.29) is 23.4 Å². The topological polar surface area (TPSA) is 41.1 Å². The second kappa shape index (κ2) is 6.15. The van der Waals surface area contributed by atoms with Gasteiger partial charge in [-0.05, 0) is 49.4 Å². The number of hydrogen-bond donors (Lipinski definition) is 2. The third-order valence-electron chi connectivity index (χ3n) is 4.12. The molecule has 3 nitrogen and oxygen atoms in total. The molecule has 2 atom stereocenters. The van der Waals surface area contributed by atoms with Crippen molar-refractivity contribution in [1.29, 1.82) is 0 Å². The standard InChI is InChI=1S/C16H23ClN2O/c1-11(12-5-7-13(17)8-6-12)19-15(20)14-16(2,3)9-4-10-18-14/h5-8,11,14,18H,4,9-10H2,1-3H3,(H,19,20)/t11-,14?/m1/s1. The predicted molar refractivity (Wildman–Crippen MR) is 82.8 cm³/mol. The maximum absolute atomic E-state index is 12.5. The first-order chi connectivity index (χ1) is 9.40. The summed E-state index contributed by atoms with van der Waals surface area (Å²) in [5.41, 5.74) is 1.07. The molecule has 0 aliphatic carbocycles. The van der Waals surface area contributed by atoms with Gasteiger partial charge in [-0.2, -0.15) is 0 Å². The van der Waals surface area contributed by atoms with E-state index >= 15 is 0 Å². The Hall–Kier alpha value is -1.06. The van der Waals surface area contributed by atoms with Gasteiger partial charge in [-0.1, -0.05) is 37.6 Å². The third-order valence-corrected chi connectivity index (χ3v) is 4.37. The molecule has 4 heteroatoms. The van der Waals surface area contributed by atoms with Crippen molar-refractivity contribution in [3.05, 3.63) is 34.9 Å². The summed E-state index contributed by atoms with van der Waals surface area (Å²) in [6.07, 6.45) is 2.21. The number of amides is 1. The van der Waals surface area contributed by atoms with Crippen LogP contribution in [0.3, 0.4) is 0 Å². The molecule has 1 amide bonds. The van der Waals surface area contributed by atoms with Crippen molar-refractivity contribution in [2.45, 2.75) is 45.7 Å². The normalized spacial score (nSPS) is 23.1. The number of carbonyl (C=O) groups excluding carboxylic acids is 1. The Labute approximate surface area is 126 Å². The van der Waals surface area contributed by atoms with Crippen molar-refractivity contribution < 1.29 is 4.79 Å². The molecule has 1 aliphatic heterocycles. The Morgan fingerprint density at radius 1 is 1.40 bits per heavy atom. The lowest BCUT2D eigenvalue weighted by atomic mass is 9.77. The highest BCUT2D eigenvalue weighted by Gasteiger charge is 2.37. The summed E-state index contributed by atoms with van der Waals surface area (Å²) in [5.74, 6) is 0.0807. The summed E-state index contributed by atoms with van der Waals surface area (Å²) >= 11 is 5.88. The zero-order valence-electron chi connectivity index (χ0n) is 12.4. The number of nitrogens with one attached hydrogen (secondary N) is 2. The Bertz CT molecular complexity index is 470. The second-order valence-corrected chi connectivity index (χ2v) is 6.70. The maximum atomic E-state index is 12.5. The Balaban J connectivity index is 2.01. The van der Waals surface area contributed by atoms with Gasteiger partial charge in [0, 0.05) is 5.02 Å². The molecule has 0 radical (unpaired) electrons. The average Bonchev–Trinajstić information content (AvgIpc) is 2.38. The molecular weight excluding hydrogens is 272 g/mol. The number of carbonyl (C=O) groups is 1. The van der Waals surface area contributed by atoms with Gasteiger partial charge < -0.3 is 10.6 Å². The molecule has 110 valence electrons. The molecule has 1 heterocycles. The van der Waals surface area contributed by atoms with E-state index < -0.39 is 0 Å². The highest BCUT2D eigenvalue weighted by atomic mass is 35.5. The molecule has 1 aliphatic rings. The highest BCUT2D eigenvalue weighted by Crippen LogP contribution is 2.30. The first-order valence-corrected chi connectivity index (χ1v) is 7.57. The first kappa shape index (κ1) is 15.3. The van der Waals surface area contributed by atoms with E-state index in [2.05, 4.69) is 24.5 Å². The van der Waals surface area contributed by atoms with Crippen molar-refractivity contribution in [3.8, 4) is 0 Å². The smallest absolute Gasteiger partial charge is 0.238 e. The number of benzene rings is 1. The molecular formula is C16H23ClN2O. The van der Waals surface area contributed by atoms with Gasteiger partial charge >= 0.3 is 0 Å². The van der Waals surface area contributed by atoms with Gasteiger partial charge in [0.25, 0.3) is 0 Å². The van der Waals surface area contributed by atoms with Crippen LogP contribution in [0.15, 0.2) is 24.3 Å². The predicted octanol–water partition coefficient (Wildman–Crippen LogP) is 3.30. The van der Waals surface area contributed by atoms with E-state index in [9.17, 15) is 4.79 Å². The van der Waals surface area contributed by atoms with Gasteiger partial charge in [0.05, 0.1) is 12.1 Å². The molecule has 0 bridgehead atoms. The molecule has 20 heavy (non-hydrogen) atoms. The average molecular weight is 295 g/mol. The Morgan fingerprint density at radius 2 is 2.05 bits per heavy atom. The van der Waals surface area contributed by atoms with Crippen molar-refractivity contribution in [2.24, 2.45) is 5.41 Å². The molecule has 2 N–H and O–H groups in total. The molecule has 2 rings (SSSR count). The molecule has 1 fully saturated rings. The number of hydrogen-bond acceptors (Lipinski definition) is 2. The fourth-order valence-electron chi connectivity index (χ4n) is 2.79. The highest BCUT2D eigenvalue weighted by molar-refractivity contribution is 6.30. The van der Waals surface area contributed by atoms with Crippen LogP contribution in [0.5, 0.6) is 0 Å². The minimum Gasteiger partial charge on any atom is -0.348 e. The van der Waals surface area contributed by atoms with Crippen LogP contribution in [0.25, 0.3) is 0 Å². The zero-order chi connectivity index (χ0) is 14.8. The van der Waals surface area contributed by atoms with E-state index in [0.717, 1.165) is 24.9 Å². The van der Waals surface area contributed by atoms with Crippen LogP contribution in [0.4, 0.5) is 0 Å². The minimum absolute atomic E-state index is 0.00203. The number of halogens is 1. The summed E-state index contributed by atoms with van der Waals surface area (Å²) in [4.78, 5) is 12.5. The fraction of sp³-hybridized carbons (Fsp3) is 0.562. The summed E-state index contributed by atoms with van der Waals surface area (Å²) < 4.78 is 0. The maximum Gasteiger partial charge on any atom is 0.238 e. The number of piperidine rings is 1. The lowest BCUT2D eigenvalue weighted by Crippen LogP contribution is -2.55. The van der Waals surface area contributed by atoms with Crippen LogP contribution < -0.4 is 10.6 Å². The summed E-state index contributed by atoms with van der Waals surface area (Å²) in [5, 5.41) is 7.15. The Kier molecular flexibility index (Phi) is 4.71. The van der Waals surface area contributed by atoms with Gasteiger partial charge in [-0.3, -0.25) is 4.79 Å². The monoisotopic (exact) mass is 294 g/mol. The molecule has 1 aromatic rings. The summed E-state index contributed by atoms with van der Waals surface area (Å²) in [6, 6.07) is 7.47. The van der Waals surface area contributed by atoms with E-state index in [4.69, 9.17) is 11.6 Å². The van der Waals surface area contributed by atoms with Gasteiger partial charge in [0.15, 0.2) is 0 Å². The van der Waals surface area contributed by atoms with Crippen molar-refractivity contribution >= 4 is 17.5 Å². The fourth-order valence-corrected chi connectivity index (χ4v) is 2.92. The summed E-state index contributed by atoms with van der Waals surface area (Å²) in [6.45, 7) is 7.21. The molecule has 1 aromatic carbocycles. The first-order valence-electron chi connectivity index (χ1n) is 7.19. The Morgan fingerprint density at radius 3 is 2.65 bits per heavy atom. The molecule has 1 unspecified atom stereocenters.